The van der Waals surface area contributed by atoms with Gasteiger partial charge in [0.15, 0.2) is 0 Å². The van der Waals surface area contributed by atoms with E-state index in [9.17, 15) is 4.79 Å². The summed E-state index contributed by atoms with van der Waals surface area (Å²) in [5.41, 5.74) is 2.79. The molecule has 1 fully saturated rings. The highest BCUT2D eigenvalue weighted by Crippen LogP contribution is 2.22. The van der Waals surface area contributed by atoms with Crippen LogP contribution >= 0.6 is 11.6 Å². The number of carbonyl (C=O) groups excluding carboxylic acids is 1. The Morgan fingerprint density at radius 3 is 2.64 bits per heavy atom. The Morgan fingerprint density at radius 1 is 1.16 bits per heavy atom. The maximum Gasteiger partial charge on any atom is 0.251 e. The first-order valence-electron chi connectivity index (χ1n) is 8.94. The molecule has 2 aromatic carbocycles. The number of halogens is 1. The second-order valence-corrected chi connectivity index (χ2v) is 7.43. The number of nitrogens with one attached hydrogen (secondary N) is 1. The third-order valence-corrected chi connectivity index (χ3v) is 5.07. The Hall–Kier alpha value is -1.84. The summed E-state index contributed by atoms with van der Waals surface area (Å²) in [6.07, 6.45) is 2.18. The van der Waals surface area contributed by atoms with Gasteiger partial charge in [-0.05, 0) is 68.6 Å². The van der Waals surface area contributed by atoms with Crippen molar-refractivity contribution in [2.24, 2.45) is 0 Å². The number of carbonyl (C=O) groups is 1. The number of rotatable bonds is 4. The number of benzene rings is 2. The number of amides is 1. The molecule has 0 unspecified atom stereocenters. The highest BCUT2D eigenvalue weighted by Gasteiger charge is 2.23. The lowest BCUT2D eigenvalue weighted by atomic mass is 10.0. The smallest absolute Gasteiger partial charge is 0.251 e. The van der Waals surface area contributed by atoms with Crippen LogP contribution in [0.25, 0.3) is 11.1 Å². The molecule has 0 radical (unpaired) electrons. The minimum Gasteiger partial charge on any atom is -0.348 e. The molecule has 4 heteroatoms. The van der Waals surface area contributed by atoms with Crippen molar-refractivity contribution >= 4 is 17.5 Å². The van der Waals surface area contributed by atoms with Crippen molar-refractivity contribution in [2.75, 3.05) is 13.1 Å². The zero-order valence-electron chi connectivity index (χ0n) is 14.8. The van der Waals surface area contributed by atoms with Crippen molar-refractivity contribution in [1.29, 1.82) is 0 Å². The molecule has 132 valence electrons. The maximum atomic E-state index is 12.7. The SMILES string of the molecule is CC(C)N1CCC[C@@H](NC(=O)c2cccc(-c3ccc(Cl)cc3)c2)C1. The summed E-state index contributed by atoms with van der Waals surface area (Å²) in [4.78, 5) is 15.1. The van der Waals surface area contributed by atoms with Crippen molar-refractivity contribution in [3.63, 3.8) is 0 Å². The lowest BCUT2D eigenvalue weighted by molar-refractivity contribution is 0.0886. The third kappa shape index (κ3) is 4.62. The molecule has 0 saturated carbocycles. The lowest BCUT2D eigenvalue weighted by Gasteiger charge is -2.35. The van der Waals surface area contributed by atoms with E-state index in [1.165, 1.54) is 0 Å². The molecule has 1 aliphatic rings. The number of nitrogens with zero attached hydrogens (tertiary/aromatic N) is 1. The predicted molar refractivity (Wildman–Crippen MR) is 104 cm³/mol. The molecule has 1 aliphatic heterocycles. The molecule has 1 amide bonds. The predicted octanol–water partition coefficient (Wildman–Crippen LogP) is 4.61. The fourth-order valence-electron chi connectivity index (χ4n) is 3.34. The second-order valence-electron chi connectivity index (χ2n) is 6.99. The normalized spacial score (nSPS) is 18.3. The van der Waals surface area contributed by atoms with Gasteiger partial charge in [-0.2, -0.15) is 0 Å². The van der Waals surface area contributed by atoms with Gasteiger partial charge in [-0.15, -0.1) is 0 Å². The van der Waals surface area contributed by atoms with Gasteiger partial charge in [-0.3, -0.25) is 9.69 Å². The van der Waals surface area contributed by atoms with Crippen LogP contribution in [0.3, 0.4) is 0 Å². The van der Waals surface area contributed by atoms with Gasteiger partial charge in [-0.1, -0.05) is 35.9 Å². The van der Waals surface area contributed by atoms with Crippen molar-refractivity contribution in [2.45, 2.75) is 38.8 Å². The molecule has 2 aromatic rings. The molecular formula is C21H25ClN2O. The van der Waals surface area contributed by atoms with Crippen LogP contribution in [0.1, 0.15) is 37.0 Å². The summed E-state index contributed by atoms with van der Waals surface area (Å²) in [6.45, 7) is 6.47. The molecule has 0 bridgehead atoms. The van der Waals surface area contributed by atoms with Gasteiger partial charge in [0.25, 0.3) is 5.91 Å². The first kappa shape index (κ1) is 18.0. The Kier molecular flexibility index (Phi) is 5.77. The molecule has 25 heavy (non-hydrogen) atoms. The monoisotopic (exact) mass is 356 g/mol. The van der Waals surface area contributed by atoms with Crippen molar-refractivity contribution in [1.82, 2.24) is 10.2 Å². The van der Waals surface area contributed by atoms with Crippen LogP contribution in [0.5, 0.6) is 0 Å². The zero-order chi connectivity index (χ0) is 17.8. The first-order chi connectivity index (χ1) is 12.0. The molecule has 1 N–H and O–H groups in total. The van der Waals surface area contributed by atoms with E-state index in [0.717, 1.165) is 37.1 Å². The number of hydrogen-bond acceptors (Lipinski definition) is 2. The minimum absolute atomic E-state index is 0.00594. The molecule has 0 aliphatic carbocycles. The zero-order valence-corrected chi connectivity index (χ0v) is 15.6. The van der Waals surface area contributed by atoms with Crippen LogP contribution < -0.4 is 5.32 Å². The molecule has 1 heterocycles. The molecule has 1 atom stereocenters. The van der Waals surface area contributed by atoms with Crippen molar-refractivity contribution < 1.29 is 4.79 Å². The Labute approximate surface area is 155 Å². The average molecular weight is 357 g/mol. The summed E-state index contributed by atoms with van der Waals surface area (Å²) in [6, 6.07) is 16.2. The van der Waals surface area contributed by atoms with Crippen LogP contribution in [0.15, 0.2) is 48.5 Å². The summed E-state index contributed by atoms with van der Waals surface area (Å²) in [7, 11) is 0. The van der Waals surface area contributed by atoms with Gasteiger partial charge >= 0.3 is 0 Å². The van der Waals surface area contributed by atoms with E-state index in [1.54, 1.807) is 0 Å². The lowest BCUT2D eigenvalue weighted by Crippen LogP contribution is -2.49. The summed E-state index contributed by atoms with van der Waals surface area (Å²) in [5, 5.41) is 3.92. The van der Waals surface area contributed by atoms with Gasteiger partial charge in [0.2, 0.25) is 0 Å². The van der Waals surface area contributed by atoms with Gasteiger partial charge < -0.3 is 5.32 Å². The van der Waals surface area contributed by atoms with E-state index in [0.29, 0.717) is 16.6 Å². The summed E-state index contributed by atoms with van der Waals surface area (Å²) in [5.74, 6) is 0.00594. The average Bonchev–Trinajstić information content (AvgIpc) is 2.62. The molecule has 0 aromatic heterocycles. The van der Waals surface area contributed by atoms with E-state index >= 15 is 0 Å². The van der Waals surface area contributed by atoms with Gasteiger partial charge in [0.05, 0.1) is 0 Å². The Balaban J connectivity index is 1.70. The van der Waals surface area contributed by atoms with E-state index in [1.807, 2.05) is 48.5 Å². The first-order valence-corrected chi connectivity index (χ1v) is 9.31. The highest BCUT2D eigenvalue weighted by atomic mass is 35.5. The molecule has 0 spiro atoms. The fourth-order valence-corrected chi connectivity index (χ4v) is 3.47. The minimum atomic E-state index is 0.00594. The number of hydrogen-bond donors (Lipinski definition) is 1. The highest BCUT2D eigenvalue weighted by molar-refractivity contribution is 6.30. The molecule has 1 saturated heterocycles. The summed E-state index contributed by atoms with van der Waals surface area (Å²) >= 11 is 5.96. The van der Waals surface area contributed by atoms with Crippen LogP contribution in [0.2, 0.25) is 5.02 Å². The van der Waals surface area contributed by atoms with Gasteiger partial charge in [0, 0.05) is 29.2 Å². The van der Waals surface area contributed by atoms with E-state index < -0.39 is 0 Å². The van der Waals surface area contributed by atoms with Crippen molar-refractivity contribution in [3.8, 4) is 11.1 Å². The topological polar surface area (TPSA) is 32.3 Å². The molecule has 3 rings (SSSR count). The second kappa shape index (κ2) is 8.03. The Morgan fingerprint density at radius 2 is 1.92 bits per heavy atom. The van der Waals surface area contributed by atoms with Crippen molar-refractivity contribution in [3.05, 3.63) is 59.1 Å². The van der Waals surface area contributed by atoms with Crippen LogP contribution in [-0.2, 0) is 0 Å². The van der Waals surface area contributed by atoms with Crippen LogP contribution in [0.4, 0.5) is 0 Å². The quantitative estimate of drug-likeness (QED) is 0.867. The molecule has 3 nitrogen and oxygen atoms in total. The van der Waals surface area contributed by atoms with E-state index in [-0.39, 0.29) is 11.9 Å². The Bertz CT molecular complexity index is 727. The van der Waals surface area contributed by atoms with Crippen LogP contribution in [-0.4, -0.2) is 36.0 Å². The van der Waals surface area contributed by atoms with Gasteiger partial charge in [-0.25, -0.2) is 0 Å². The van der Waals surface area contributed by atoms with Gasteiger partial charge in [0.1, 0.15) is 0 Å². The van der Waals surface area contributed by atoms with E-state index in [4.69, 9.17) is 11.6 Å². The van der Waals surface area contributed by atoms with E-state index in [2.05, 4.69) is 24.1 Å². The largest absolute Gasteiger partial charge is 0.348 e. The maximum absolute atomic E-state index is 12.7. The number of piperidine rings is 1. The number of likely N-dealkylation sites (tertiary alicyclic amines) is 1. The fraction of sp³-hybridized carbons (Fsp3) is 0.381. The third-order valence-electron chi connectivity index (χ3n) is 4.82. The standard InChI is InChI=1S/C21H25ClN2O/c1-15(2)24-12-4-7-20(14-24)23-21(25)18-6-3-5-17(13-18)16-8-10-19(22)11-9-16/h3,5-6,8-11,13,15,20H,4,7,12,14H2,1-2H3,(H,23,25)/t20-/m1/s1. The summed E-state index contributed by atoms with van der Waals surface area (Å²) < 4.78 is 0. The van der Waals surface area contributed by atoms with Crippen LogP contribution in [0, 0.1) is 0 Å². The molecular weight excluding hydrogens is 332 g/mol.